The Balaban J connectivity index is 1.50. The summed E-state index contributed by atoms with van der Waals surface area (Å²) in [5.74, 6) is -1.50. The molecule has 11 heteroatoms. The smallest absolute Gasteiger partial charge is 0.227 e. The number of hydrogen-bond donors (Lipinski definition) is 1. The van der Waals surface area contributed by atoms with Gasteiger partial charge in [-0.3, -0.25) is 4.79 Å². The molecule has 1 amide bonds. The number of nitrogens with zero attached hydrogens (tertiary/aromatic N) is 2. The minimum atomic E-state index is -3.69. The second-order valence-corrected chi connectivity index (χ2v) is 13.3. The van der Waals surface area contributed by atoms with Crippen molar-refractivity contribution in [3.8, 4) is 6.07 Å². The molecule has 0 radical (unpaired) electrons. The largest absolute Gasteiger partial charge is 0.382 e. The quantitative estimate of drug-likeness (QED) is 0.526. The van der Waals surface area contributed by atoms with Crippen molar-refractivity contribution in [1.29, 1.82) is 5.26 Å². The van der Waals surface area contributed by atoms with Crippen molar-refractivity contribution in [1.82, 2.24) is 9.62 Å². The van der Waals surface area contributed by atoms with Crippen molar-refractivity contribution in [3.63, 3.8) is 0 Å². The first-order chi connectivity index (χ1) is 16.7. The first-order valence-electron chi connectivity index (χ1n) is 12.9. The lowest BCUT2D eigenvalue weighted by atomic mass is 9.84. The number of carbonyl (C=O) groups is 1. The van der Waals surface area contributed by atoms with Crippen molar-refractivity contribution in [2.24, 2.45) is 11.8 Å². The predicted molar refractivity (Wildman–Crippen MR) is 129 cm³/mol. The van der Waals surface area contributed by atoms with E-state index in [4.69, 9.17) is 21.1 Å². The summed E-state index contributed by atoms with van der Waals surface area (Å²) in [6.45, 7) is 0.474. The molecular weight excluding hydrogens is 497 g/mol. The number of morpholine rings is 1. The Morgan fingerprint density at radius 2 is 1.97 bits per heavy atom. The lowest BCUT2D eigenvalue weighted by molar-refractivity contribution is -0.137. The Morgan fingerprint density at radius 3 is 2.69 bits per heavy atom. The van der Waals surface area contributed by atoms with E-state index in [0.717, 1.165) is 6.42 Å². The zero-order chi connectivity index (χ0) is 25.2. The summed E-state index contributed by atoms with van der Waals surface area (Å²) in [6, 6.07) is 1.54. The molecule has 1 heterocycles. The van der Waals surface area contributed by atoms with Crippen LogP contribution in [0.1, 0.15) is 64.2 Å². The third-order valence-electron chi connectivity index (χ3n) is 8.17. The van der Waals surface area contributed by atoms with Crippen molar-refractivity contribution < 1.29 is 27.1 Å². The number of hydrogen-bond acceptors (Lipinski definition) is 6. The highest BCUT2D eigenvalue weighted by Gasteiger charge is 2.49. The second kappa shape index (κ2) is 11.6. The number of carbonyl (C=O) groups excluding carboxylic acids is 1. The topological polar surface area (TPSA) is 109 Å². The molecule has 4 rings (SSSR count). The summed E-state index contributed by atoms with van der Waals surface area (Å²) in [4.78, 5) is 12.9. The van der Waals surface area contributed by atoms with Crippen molar-refractivity contribution in [2.75, 3.05) is 20.3 Å². The van der Waals surface area contributed by atoms with Gasteiger partial charge in [0.25, 0.3) is 0 Å². The highest BCUT2D eigenvalue weighted by Crippen LogP contribution is 2.38. The number of halogens is 2. The summed E-state index contributed by atoms with van der Waals surface area (Å²) >= 11 is 6.30. The molecule has 8 nitrogen and oxygen atoms in total. The molecule has 1 aliphatic heterocycles. The number of sulfonamides is 1. The van der Waals surface area contributed by atoms with E-state index in [1.54, 1.807) is 11.4 Å². The van der Waals surface area contributed by atoms with E-state index in [-0.39, 0.29) is 43.2 Å². The van der Waals surface area contributed by atoms with Crippen molar-refractivity contribution in [3.05, 3.63) is 0 Å². The Morgan fingerprint density at radius 1 is 1.20 bits per heavy atom. The van der Waals surface area contributed by atoms with Gasteiger partial charge in [-0.05, 0) is 57.8 Å². The van der Waals surface area contributed by atoms with Crippen LogP contribution in [0.2, 0.25) is 0 Å². The fourth-order valence-electron chi connectivity index (χ4n) is 6.35. The van der Waals surface area contributed by atoms with Gasteiger partial charge in [-0.15, -0.1) is 11.6 Å². The first kappa shape index (κ1) is 27.1. The van der Waals surface area contributed by atoms with Gasteiger partial charge >= 0.3 is 0 Å². The van der Waals surface area contributed by atoms with Crippen LogP contribution in [0.5, 0.6) is 0 Å². The number of methoxy groups -OCH3 is 1. The Labute approximate surface area is 212 Å². The van der Waals surface area contributed by atoms with E-state index in [1.165, 1.54) is 0 Å². The number of nitrogens with one attached hydrogen (secondary N) is 1. The van der Waals surface area contributed by atoms with Crippen molar-refractivity contribution in [2.45, 2.75) is 105 Å². The summed E-state index contributed by atoms with van der Waals surface area (Å²) in [7, 11) is -2.12. The standard InChI is InChI=1S/C24H37ClFN3O5S/c1-33-14-17-13-29(35(31,32)18-5-2-4-15(10-18)12-27)21-11-16(8-9-22(21)34-17)28-24(30)23-19(25)6-3-7-20(23)26/h15-23H,2-11,13-14H2,1H3,(H,28,30). The molecule has 9 atom stereocenters. The minimum absolute atomic E-state index is 0.185. The van der Waals surface area contributed by atoms with Gasteiger partial charge in [0.05, 0.1) is 42.1 Å². The molecule has 35 heavy (non-hydrogen) atoms. The molecule has 0 aromatic carbocycles. The molecule has 3 saturated carbocycles. The second-order valence-electron chi connectivity index (χ2n) is 10.6. The molecule has 9 unspecified atom stereocenters. The van der Waals surface area contributed by atoms with E-state index < -0.39 is 38.8 Å². The molecule has 0 aromatic rings. The lowest BCUT2D eigenvalue weighted by Crippen LogP contribution is -2.63. The van der Waals surface area contributed by atoms with Crippen LogP contribution in [0, 0.1) is 23.2 Å². The zero-order valence-electron chi connectivity index (χ0n) is 20.3. The average molecular weight is 534 g/mol. The molecule has 198 valence electrons. The van der Waals surface area contributed by atoms with Crippen molar-refractivity contribution >= 4 is 27.5 Å². The summed E-state index contributed by atoms with van der Waals surface area (Å²) in [5.41, 5.74) is 0. The van der Waals surface area contributed by atoms with Gasteiger partial charge < -0.3 is 14.8 Å². The average Bonchev–Trinajstić information content (AvgIpc) is 2.84. The van der Waals surface area contributed by atoms with Crippen LogP contribution in [-0.2, 0) is 24.3 Å². The van der Waals surface area contributed by atoms with E-state index >= 15 is 0 Å². The van der Waals surface area contributed by atoms with Gasteiger partial charge in [0.2, 0.25) is 15.9 Å². The summed E-state index contributed by atoms with van der Waals surface area (Å²) in [5, 5.41) is 11.2. The predicted octanol–water partition coefficient (Wildman–Crippen LogP) is 2.90. The molecule has 0 aromatic heterocycles. The number of rotatable bonds is 6. The van der Waals surface area contributed by atoms with E-state index in [0.29, 0.717) is 57.8 Å². The van der Waals surface area contributed by atoms with Gasteiger partial charge in [-0.25, -0.2) is 12.8 Å². The number of amides is 1. The van der Waals surface area contributed by atoms with E-state index in [9.17, 15) is 22.9 Å². The zero-order valence-corrected chi connectivity index (χ0v) is 21.9. The third-order valence-corrected chi connectivity index (χ3v) is 11.0. The van der Waals surface area contributed by atoms with Crippen LogP contribution in [-0.4, -0.2) is 80.0 Å². The highest BCUT2D eigenvalue weighted by atomic mass is 35.5. The Kier molecular flexibility index (Phi) is 8.96. The molecule has 4 fully saturated rings. The van der Waals surface area contributed by atoms with Crippen LogP contribution in [0.4, 0.5) is 4.39 Å². The fourth-order valence-corrected chi connectivity index (χ4v) is 9.08. The van der Waals surface area contributed by atoms with Crippen LogP contribution >= 0.6 is 11.6 Å². The molecular formula is C24H37ClFN3O5S. The van der Waals surface area contributed by atoms with Gasteiger partial charge in [0, 0.05) is 31.0 Å². The summed E-state index contributed by atoms with van der Waals surface area (Å²) in [6.07, 6.45) is 3.64. The van der Waals surface area contributed by atoms with Crippen LogP contribution in [0.3, 0.4) is 0 Å². The van der Waals surface area contributed by atoms with Crippen LogP contribution in [0.25, 0.3) is 0 Å². The van der Waals surface area contributed by atoms with E-state index in [2.05, 4.69) is 11.4 Å². The number of ether oxygens (including phenoxy) is 2. The van der Waals surface area contributed by atoms with Crippen LogP contribution in [0.15, 0.2) is 0 Å². The SMILES string of the molecule is COCC1CN(S(=O)(=O)C2CCCC(C#N)C2)C2CC(NC(=O)C3C(F)CCCC3Cl)CCC2O1. The van der Waals surface area contributed by atoms with Gasteiger partial charge in [0.1, 0.15) is 6.17 Å². The highest BCUT2D eigenvalue weighted by molar-refractivity contribution is 7.89. The number of alkyl halides is 2. The first-order valence-corrected chi connectivity index (χ1v) is 14.8. The van der Waals surface area contributed by atoms with Crippen LogP contribution < -0.4 is 5.32 Å². The Hall–Kier alpha value is -0.990. The third kappa shape index (κ3) is 5.96. The summed E-state index contributed by atoms with van der Waals surface area (Å²) < 4.78 is 55.2. The fraction of sp³-hybridized carbons (Fsp3) is 0.917. The van der Waals surface area contributed by atoms with Gasteiger partial charge in [0.15, 0.2) is 0 Å². The van der Waals surface area contributed by atoms with Gasteiger partial charge in [-0.1, -0.05) is 6.42 Å². The van der Waals surface area contributed by atoms with E-state index in [1.807, 2.05) is 0 Å². The molecule has 0 spiro atoms. The lowest BCUT2D eigenvalue weighted by Gasteiger charge is -2.49. The molecule has 0 bridgehead atoms. The molecule has 1 N–H and O–H groups in total. The minimum Gasteiger partial charge on any atom is -0.382 e. The monoisotopic (exact) mass is 533 g/mol. The van der Waals surface area contributed by atoms with Gasteiger partial charge in [-0.2, -0.15) is 9.57 Å². The maximum absolute atomic E-state index is 14.5. The molecule has 3 aliphatic carbocycles. The molecule has 1 saturated heterocycles. The maximum atomic E-state index is 14.5. The number of nitriles is 1. The maximum Gasteiger partial charge on any atom is 0.227 e. The Bertz CT molecular complexity index is 892. The molecule has 4 aliphatic rings. The normalized spacial score (nSPS) is 40.9. The number of fused-ring (bicyclic) bond motifs is 1.